The van der Waals surface area contributed by atoms with Crippen LogP contribution in [0.4, 0.5) is 22.7 Å². The molecule has 2 aromatic rings. The number of nitrogens with zero attached hydrogens (tertiary/aromatic N) is 2. The minimum atomic E-state index is -1.14. The minimum absolute atomic E-state index is 0.247. The fraction of sp³-hybridized carbons (Fsp3) is 0. The van der Waals surface area contributed by atoms with Crippen molar-refractivity contribution < 1.29 is 24.2 Å². The Morgan fingerprint density at radius 3 is 1.44 bits per heavy atom. The largest absolute Gasteiger partial charge is 0.398 e. The van der Waals surface area contributed by atoms with Crippen LogP contribution in [0.1, 0.15) is 20.7 Å². The highest BCUT2D eigenvalue weighted by atomic mass is 16.6. The van der Waals surface area contributed by atoms with Crippen LogP contribution >= 0.6 is 0 Å². The molecule has 4 N–H and O–H groups in total. The van der Waals surface area contributed by atoms with Crippen LogP contribution in [0, 0.1) is 20.2 Å². The van der Waals surface area contributed by atoms with Crippen molar-refractivity contribution in [2.75, 3.05) is 11.5 Å². The first-order chi connectivity index (χ1) is 11.7. The number of rotatable bonds is 4. The van der Waals surface area contributed by atoms with Crippen molar-refractivity contribution in [2.24, 2.45) is 0 Å². The standard InChI is InChI=1S/C14H10N4O7/c15-11-5-7(17(21)22)1-3-9(11)13(19)25-14(20)10-4-2-8(18(23)24)6-12(10)16/h1-6H,15-16H2. The van der Waals surface area contributed by atoms with Crippen LogP contribution in [0.15, 0.2) is 36.4 Å². The molecule has 0 aliphatic heterocycles. The molecule has 0 aliphatic carbocycles. The molecule has 0 radical (unpaired) electrons. The summed E-state index contributed by atoms with van der Waals surface area (Å²) in [6.45, 7) is 0. The van der Waals surface area contributed by atoms with Gasteiger partial charge in [0.1, 0.15) is 0 Å². The quantitative estimate of drug-likeness (QED) is 0.273. The molecule has 11 nitrogen and oxygen atoms in total. The molecule has 0 aliphatic rings. The molecule has 0 fully saturated rings. The lowest BCUT2D eigenvalue weighted by molar-refractivity contribution is -0.385. The number of non-ortho nitro benzene ring substituents is 2. The Kier molecular flexibility index (Phi) is 4.59. The third-order valence-electron chi connectivity index (χ3n) is 3.12. The minimum Gasteiger partial charge on any atom is -0.398 e. The van der Waals surface area contributed by atoms with E-state index in [2.05, 4.69) is 4.74 Å². The van der Waals surface area contributed by atoms with E-state index < -0.39 is 21.8 Å². The fourth-order valence-electron chi connectivity index (χ4n) is 1.89. The van der Waals surface area contributed by atoms with Gasteiger partial charge in [0.15, 0.2) is 0 Å². The fourth-order valence-corrected chi connectivity index (χ4v) is 1.89. The van der Waals surface area contributed by atoms with Gasteiger partial charge in [0.05, 0.1) is 32.3 Å². The third-order valence-corrected chi connectivity index (χ3v) is 3.12. The van der Waals surface area contributed by atoms with Gasteiger partial charge in [-0.1, -0.05) is 0 Å². The molecular formula is C14H10N4O7. The summed E-state index contributed by atoms with van der Waals surface area (Å²) in [5.41, 5.74) is 9.42. The summed E-state index contributed by atoms with van der Waals surface area (Å²) in [6, 6.07) is 6.03. The molecule has 0 atom stereocenters. The van der Waals surface area contributed by atoms with E-state index in [0.29, 0.717) is 0 Å². The number of esters is 2. The van der Waals surface area contributed by atoms with Crippen LogP contribution in [-0.2, 0) is 4.74 Å². The molecule has 0 unspecified atom stereocenters. The average Bonchev–Trinajstić information content (AvgIpc) is 2.53. The Bertz CT molecular complexity index is 837. The van der Waals surface area contributed by atoms with E-state index in [1.165, 1.54) is 0 Å². The summed E-state index contributed by atoms with van der Waals surface area (Å²) in [5, 5.41) is 21.3. The van der Waals surface area contributed by atoms with Crippen molar-refractivity contribution in [3.8, 4) is 0 Å². The van der Waals surface area contributed by atoms with Crippen molar-refractivity contribution in [2.45, 2.75) is 0 Å². The Morgan fingerprint density at radius 1 is 0.800 bits per heavy atom. The molecular weight excluding hydrogens is 336 g/mol. The number of nitrogens with two attached hydrogens (primary N) is 2. The maximum atomic E-state index is 12.0. The summed E-state index contributed by atoms with van der Waals surface area (Å²) in [6.07, 6.45) is 0. The molecule has 2 rings (SSSR count). The molecule has 0 saturated carbocycles. The Labute approximate surface area is 139 Å². The molecule has 25 heavy (non-hydrogen) atoms. The highest BCUT2D eigenvalue weighted by Crippen LogP contribution is 2.23. The number of hydrogen-bond acceptors (Lipinski definition) is 9. The third kappa shape index (κ3) is 3.67. The van der Waals surface area contributed by atoms with E-state index in [1.54, 1.807) is 0 Å². The predicted octanol–water partition coefficient (Wildman–Crippen LogP) is 1.66. The zero-order valence-corrected chi connectivity index (χ0v) is 12.4. The van der Waals surface area contributed by atoms with Gasteiger partial charge in [-0.25, -0.2) is 9.59 Å². The van der Waals surface area contributed by atoms with Crippen LogP contribution in [-0.4, -0.2) is 21.8 Å². The second kappa shape index (κ2) is 6.62. The van der Waals surface area contributed by atoms with Crippen molar-refractivity contribution in [1.82, 2.24) is 0 Å². The highest BCUT2D eigenvalue weighted by molar-refractivity contribution is 6.07. The molecule has 0 heterocycles. The molecule has 0 spiro atoms. The first kappa shape index (κ1) is 17.3. The van der Waals surface area contributed by atoms with E-state index in [4.69, 9.17) is 11.5 Å². The van der Waals surface area contributed by atoms with Crippen molar-refractivity contribution in [3.63, 3.8) is 0 Å². The van der Waals surface area contributed by atoms with Gasteiger partial charge in [-0.2, -0.15) is 0 Å². The second-order valence-electron chi connectivity index (χ2n) is 4.73. The van der Waals surface area contributed by atoms with Gasteiger partial charge in [0.25, 0.3) is 11.4 Å². The molecule has 0 bridgehead atoms. The first-order valence-electron chi connectivity index (χ1n) is 6.55. The van der Waals surface area contributed by atoms with E-state index in [-0.39, 0.29) is 33.9 Å². The molecule has 2 aromatic carbocycles. The van der Waals surface area contributed by atoms with E-state index in [9.17, 15) is 29.8 Å². The van der Waals surface area contributed by atoms with Crippen LogP contribution in [0.3, 0.4) is 0 Å². The number of carbonyl (C=O) groups is 2. The molecule has 0 amide bonds. The van der Waals surface area contributed by atoms with Gasteiger partial charge < -0.3 is 16.2 Å². The number of hydrogen-bond donors (Lipinski definition) is 2. The van der Waals surface area contributed by atoms with Crippen LogP contribution < -0.4 is 11.5 Å². The molecule has 0 aromatic heterocycles. The maximum absolute atomic E-state index is 12.0. The number of carbonyl (C=O) groups excluding carboxylic acids is 2. The monoisotopic (exact) mass is 346 g/mol. The zero-order chi connectivity index (χ0) is 18.7. The Balaban J connectivity index is 2.22. The van der Waals surface area contributed by atoms with Crippen molar-refractivity contribution in [1.29, 1.82) is 0 Å². The molecule has 0 saturated heterocycles. The van der Waals surface area contributed by atoms with E-state index in [1.807, 2.05) is 0 Å². The number of anilines is 2. The van der Waals surface area contributed by atoms with E-state index in [0.717, 1.165) is 36.4 Å². The summed E-state index contributed by atoms with van der Waals surface area (Å²) >= 11 is 0. The average molecular weight is 346 g/mol. The SMILES string of the molecule is Nc1cc([N+](=O)[O-])ccc1C(=O)OC(=O)c1ccc([N+](=O)[O-])cc1N. The number of nitro benzene ring substituents is 2. The first-order valence-corrected chi connectivity index (χ1v) is 6.55. The predicted molar refractivity (Wildman–Crippen MR) is 84.8 cm³/mol. The van der Waals surface area contributed by atoms with E-state index >= 15 is 0 Å². The zero-order valence-electron chi connectivity index (χ0n) is 12.4. The van der Waals surface area contributed by atoms with Gasteiger partial charge >= 0.3 is 11.9 Å². The number of benzene rings is 2. The summed E-state index contributed by atoms with van der Waals surface area (Å²) in [7, 11) is 0. The van der Waals surface area contributed by atoms with Crippen LogP contribution in [0.2, 0.25) is 0 Å². The van der Waals surface area contributed by atoms with Gasteiger partial charge in [-0.3, -0.25) is 20.2 Å². The van der Waals surface area contributed by atoms with Crippen LogP contribution in [0.25, 0.3) is 0 Å². The van der Waals surface area contributed by atoms with Gasteiger partial charge in [-0.05, 0) is 12.1 Å². The lowest BCUT2D eigenvalue weighted by Crippen LogP contribution is -2.16. The number of nitrogen functional groups attached to an aromatic ring is 2. The van der Waals surface area contributed by atoms with Crippen molar-refractivity contribution >= 4 is 34.7 Å². The number of ether oxygens (including phenoxy) is 1. The van der Waals surface area contributed by atoms with Crippen molar-refractivity contribution in [3.05, 3.63) is 67.8 Å². The summed E-state index contributed by atoms with van der Waals surface area (Å²) in [5.74, 6) is -2.29. The topological polar surface area (TPSA) is 182 Å². The smallest absolute Gasteiger partial charge is 0.348 e. The lowest BCUT2D eigenvalue weighted by Gasteiger charge is -2.07. The summed E-state index contributed by atoms with van der Waals surface area (Å²) < 4.78 is 4.61. The summed E-state index contributed by atoms with van der Waals surface area (Å²) in [4.78, 5) is 43.8. The molecule has 128 valence electrons. The van der Waals surface area contributed by atoms with Gasteiger partial charge in [-0.15, -0.1) is 0 Å². The lowest BCUT2D eigenvalue weighted by atomic mass is 10.1. The second-order valence-corrected chi connectivity index (χ2v) is 4.73. The normalized spacial score (nSPS) is 10.1. The maximum Gasteiger partial charge on any atom is 0.348 e. The molecule has 11 heteroatoms. The Hall–Kier alpha value is -4.02. The number of nitro groups is 2. The Morgan fingerprint density at radius 2 is 1.16 bits per heavy atom. The van der Waals surface area contributed by atoms with Gasteiger partial charge in [0, 0.05) is 24.3 Å². The highest BCUT2D eigenvalue weighted by Gasteiger charge is 2.21. The van der Waals surface area contributed by atoms with Gasteiger partial charge in [0.2, 0.25) is 0 Å². The van der Waals surface area contributed by atoms with Crippen LogP contribution in [0.5, 0.6) is 0 Å².